The van der Waals surface area contributed by atoms with E-state index in [0.717, 1.165) is 25.0 Å². The molecule has 0 saturated carbocycles. The molecule has 2 rings (SSSR count). The molecule has 18 heavy (non-hydrogen) atoms. The van der Waals surface area contributed by atoms with Gasteiger partial charge in [0.2, 0.25) is 0 Å². The molecule has 1 aliphatic heterocycles. The van der Waals surface area contributed by atoms with Crippen molar-refractivity contribution in [2.24, 2.45) is 0 Å². The zero-order chi connectivity index (χ0) is 13.1. The van der Waals surface area contributed by atoms with E-state index < -0.39 is 0 Å². The molecule has 1 aliphatic rings. The second-order valence-electron chi connectivity index (χ2n) is 5.06. The zero-order valence-electron chi connectivity index (χ0n) is 11.5. The molecule has 1 aromatic rings. The van der Waals surface area contributed by atoms with E-state index in [4.69, 9.17) is 4.74 Å². The second-order valence-corrected chi connectivity index (χ2v) is 5.06. The summed E-state index contributed by atoms with van der Waals surface area (Å²) in [5.41, 5.74) is 2.18. The summed E-state index contributed by atoms with van der Waals surface area (Å²) in [4.78, 5) is 2.28. The topological polar surface area (TPSA) is 32.7 Å². The maximum Gasteiger partial charge on any atom is 0.0787 e. The van der Waals surface area contributed by atoms with Gasteiger partial charge in [0.05, 0.1) is 18.2 Å². The van der Waals surface area contributed by atoms with Crippen LogP contribution < -0.4 is 4.90 Å². The van der Waals surface area contributed by atoms with E-state index in [0.29, 0.717) is 6.04 Å². The number of hydrogen-bond donors (Lipinski definition) is 1. The van der Waals surface area contributed by atoms with E-state index in [1.807, 2.05) is 19.1 Å². The highest BCUT2D eigenvalue weighted by Crippen LogP contribution is 2.26. The van der Waals surface area contributed by atoms with Gasteiger partial charge in [0.25, 0.3) is 0 Å². The predicted octanol–water partition coefficient (Wildman–Crippen LogP) is 2.74. The molecule has 0 spiro atoms. The number of rotatable bonds is 4. The Hall–Kier alpha value is -1.06. The molecule has 100 valence electrons. The molecule has 0 bridgehead atoms. The molecule has 2 unspecified atom stereocenters. The summed E-state index contributed by atoms with van der Waals surface area (Å²) in [6.45, 7) is 4.97. The molecule has 3 atom stereocenters. The Morgan fingerprint density at radius 1 is 1.39 bits per heavy atom. The Morgan fingerprint density at radius 2 is 2.06 bits per heavy atom. The number of ether oxygens (including phenoxy) is 1. The van der Waals surface area contributed by atoms with Gasteiger partial charge < -0.3 is 14.7 Å². The van der Waals surface area contributed by atoms with Crippen LogP contribution in [0.15, 0.2) is 24.3 Å². The molecule has 1 N–H and O–H groups in total. The van der Waals surface area contributed by atoms with Crippen molar-refractivity contribution in [2.75, 3.05) is 18.6 Å². The fourth-order valence-corrected chi connectivity index (χ4v) is 2.59. The lowest BCUT2D eigenvalue weighted by atomic mass is 10.1. The monoisotopic (exact) mass is 249 g/mol. The van der Waals surface area contributed by atoms with Crippen molar-refractivity contribution in [3.8, 4) is 0 Å². The Bertz CT molecular complexity index is 377. The summed E-state index contributed by atoms with van der Waals surface area (Å²) in [5.74, 6) is 0. The average molecular weight is 249 g/mol. The van der Waals surface area contributed by atoms with Crippen LogP contribution in [0.3, 0.4) is 0 Å². The molecular weight excluding hydrogens is 226 g/mol. The van der Waals surface area contributed by atoms with Crippen LogP contribution in [0.2, 0.25) is 0 Å². The summed E-state index contributed by atoms with van der Waals surface area (Å²) in [5, 5.41) is 9.78. The summed E-state index contributed by atoms with van der Waals surface area (Å²) in [6.07, 6.45) is 1.77. The molecule has 0 amide bonds. The minimum atomic E-state index is -0.349. The van der Waals surface area contributed by atoms with Crippen molar-refractivity contribution in [3.63, 3.8) is 0 Å². The molecule has 1 fully saturated rings. The van der Waals surface area contributed by atoms with Crippen LogP contribution in [0.5, 0.6) is 0 Å². The number of aliphatic hydroxyl groups is 1. The standard InChI is InChI=1S/C15H23NO2/c1-4-15(17)12-5-7-13(8-6-12)16(3)14-9-10-18-11(14)2/h5-8,11,14-15,17H,4,9-10H2,1-3H3/t11?,14?,15-/m0/s1. The van der Waals surface area contributed by atoms with Crippen molar-refractivity contribution < 1.29 is 9.84 Å². The second kappa shape index (κ2) is 5.72. The van der Waals surface area contributed by atoms with Gasteiger partial charge in [0, 0.05) is 19.3 Å². The van der Waals surface area contributed by atoms with Crippen LogP contribution in [0, 0.1) is 0 Å². The van der Waals surface area contributed by atoms with Crippen LogP contribution in [-0.2, 0) is 4.74 Å². The smallest absolute Gasteiger partial charge is 0.0787 e. The summed E-state index contributed by atoms with van der Waals surface area (Å²) in [7, 11) is 2.11. The fraction of sp³-hybridized carbons (Fsp3) is 0.600. The third-order valence-electron chi connectivity index (χ3n) is 3.91. The third-order valence-corrected chi connectivity index (χ3v) is 3.91. The lowest BCUT2D eigenvalue weighted by Crippen LogP contribution is -2.36. The Kier molecular flexibility index (Phi) is 4.25. The molecule has 0 aromatic heterocycles. The van der Waals surface area contributed by atoms with Gasteiger partial charge in [-0.1, -0.05) is 19.1 Å². The van der Waals surface area contributed by atoms with E-state index in [9.17, 15) is 5.11 Å². The van der Waals surface area contributed by atoms with E-state index in [1.54, 1.807) is 0 Å². The molecule has 3 heteroatoms. The van der Waals surface area contributed by atoms with Gasteiger partial charge in [0.1, 0.15) is 0 Å². The number of nitrogens with zero attached hydrogens (tertiary/aromatic N) is 1. The van der Waals surface area contributed by atoms with Gasteiger partial charge in [-0.05, 0) is 37.5 Å². The van der Waals surface area contributed by atoms with Crippen LogP contribution in [0.25, 0.3) is 0 Å². The van der Waals surface area contributed by atoms with Gasteiger partial charge in [-0.2, -0.15) is 0 Å². The highest BCUT2D eigenvalue weighted by molar-refractivity contribution is 5.48. The van der Waals surface area contributed by atoms with Crippen molar-refractivity contribution in [2.45, 2.75) is 44.9 Å². The number of aliphatic hydroxyl groups excluding tert-OH is 1. The lowest BCUT2D eigenvalue weighted by Gasteiger charge is -2.29. The maximum atomic E-state index is 9.78. The molecule has 1 aromatic carbocycles. The maximum absolute atomic E-state index is 9.78. The minimum Gasteiger partial charge on any atom is -0.388 e. The number of likely N-dealkylation sites (N-methyl/N-ethyl adjacent to an activating group) is 1. The zero-order valence-corrected chi connectivity index (χ0v) is 11.5. The van der Waals surface area contributed by atoms with Gasteiger partial charge in [-0.3, -0.25) is 0 Å². The summed E-state index contributed by atoms with van der Waals surface area (Å²) >= 11 is 0. The lowest BCUT2D eigenvalue weighted by molar-refractivity contribution is 0.118. The Balaban J connectivity index is 2.09. The first-order valence-corrected chi connectivity index (χ1v) is 6.76. The SMILES string of the molecule is CC[C@H](O)c1ccc(N(C)C2CCOC2C)cc1. The summed E-state index contributed by atoms with van der Waals surface area (Å²) < 4.78 is 5.61. The van der Waals surface area contributed by atoms with Gasteiger partial charge >= 0.3 is 0 Å². The first kappa shape index (κ1) is 13.4. The number of hydrogen-bond acceptors (Lipinski definition) is 3. The first-order chi connectivity index (χ1) is 8.63. The third kappa shape index (κ3) is 2.68. The normalized spacial score (nSPS) is 25.1. The highest BCUT2D eigenvalue weighted by Gasteiger charge is 2.27. The van der Waals surface area contributed by atoms with E-state index in [-0.39, 0.29) is 12.2 Å². The van der Waals surface area contributed by atoms with E-state index >= 15 is 0 Å². The van der Waals surface area contributed by atoms with Crippen LogP contribution >= 0.6 is 0 Å². The quantitative estimate of drug-likeness (QED) is 0.890. The van der Waals surface area contributed by atoms with E-state index in [2.05, 4.69) is 31.0 Å². The van der Waals surface area contributed by atoms with Crippen molar-refractivity contribution in [3.05, 3.63) is 29.8 Å². The number of benzene rings is 1. The van der Waals surface area contributed by atoms with Crippen molar-refractivity contribution in [1.29, 1.82) is 0 Å². The van der Waals surface area contributed by atoms with Crippen LogP contribution in [-0.4, -0.2) is 30.9 Å². The molecule has 1 heterocycles. The van der Waals surface area contributed by atoms with E-state index in [1.165, 1.54) is 5.69 Å². The first-order valence-electron chi connectivity index (χ1n) is 6.76. The predicted molar refractivity (Wildman–Crippen MR) is 73.9 cm³/mol. The molecular formula is C15H23NO2. The minimum absolute atomic E-state index is 0.288. The van der Waals surface area contributed by atoms with Gasteiger partial charge in [0.15, 0.2) is 0 Å². The average Bonchev–Trinajstić information content (AvgIpc) is 2.83. The van der Waals surface area contributed by atoms with Gasteiger partial charge in [-0.15, -0.1) is 0 Å². The number of anilines is 1. The molecule has 0 radical (unpaired) electrons. The fourth-order valence-electron chi connectivity index (χ4n) is 2.59. The molecule has 0 aliphatic carbocycles. The molecule has 1 saturated heterocycles. The van der Waals surface area contributed by atoms with Crippen molar-refractivity contribution in [1.82, 2.24) is 0 Å². The Morgan fingerprint density at radius 3 is 2.56 bits per heavy atom. The largest absolute Gasteiger partial charge is 0.388 e. The van der Waals surface area contributed by atoms with Crippen LogP contribution in [0.1, 0.15) is 38.4 Å². The Labute approximate surface area is 109 Å². The molecule has 3 nitrogen and oxygen atoms in total. The van der Waals surface area contributed by atoms with Crippen LogP contribution in [0.4, 0.5) is 5.69 Å². The highest BCUT2D eigenvalue weighted by atomic mass is 16.5. The van der Waals surface area contributed by atoms with Gasteiger partial charge in [-0.25, -0.2) is 0 Å². The summed E-state index contributed by atoms with van der Waals surface area (Å²) in [6, 6.07) is 8.64. The van der Waals surface area contributed by atoms with Crippen molar-refractivity contribution >= 4 is 5.69 Å².